The van der Waals surface area contributed by atoms with Gasteiger partial charge in [-0.2, -0.15) is 0 Å². The average Bonchev–Trinajstić information content (AvgIpc) is 2.86. The molecule has 2 amide bonds. The van der Waals surface area contributed by atoms with Gasteiger partial charge in [-0.1, -0.05) is 36.4 Å². The lowest BCUT2D eigenvalue weighted by molar-refractivity contribution is -0.122. The molecule has 0 unspecified atom stereocenters. The monoisotopic (exact) mass is 464 g/mol. The first-order valence-corrected chi connectivity index (χ1v) is 12.4. The molecule has 0 atom stereocenters. The Morgan fingerprint density at radius 1 is 0.941 bits per heavy atom. The first kappa shape index (κ1) is 24.2. The van der Waals surface area contributed by atoms with Crippen molar-refractivity contribution in [2.24, 2.45) is 0 Å². The van der Waals surface area contributed by atoms with Crippen molar-refractivity contribution in [3.63, 3.8) is 0 Å². The molecule has 2 heterocycles. The summed E-state index contributed by atoms with van der Waals surface area (Å²) in [5.74, 6) is 0.806. The Hall–Kier alpha value is -2.90. The molecule has 2 aliphatic rings. The highest BCUT2D eigenvalue weighted by molar-refractivity contribution is 5.96. The van der Waals surface area contributed by atoms with Crippen LogP contribution in [0.3, 0.4) is 0 Å². The van der Waals surface area contributed by atoms with Crippen LogP contribution < -0.4 is 10.1 Å². The highest BCUT2D eigenvalue weighted by Gasteiger charge is 2.26. The molecule has 1 fully saturated rings. The highest BCUT2D eigenvalue weighted by atomic mass is 16.5. The molecule has 0 spiro atoms. The number of nitrogens with one attached hydrogen (secondary N) is 1. The second kappa shape index (κ2) is 12.0. The van der Waals surface area contributed by atoms with Crippen LogP contribution in [-0.4, -0.2) is 79.4 Å². The maximum Gasteiger partial charge on any atom is 0.254 e. The minimum Gasteiger partial charge on any atom is -0.493 e. The van der Waals surface area contributed by atoms with Crippen molar-refractivity contribution >= 4 is 11.8 Å². The number of piperazine rings is 1. The first-order chi connectivity index (χ1) is 16.6. The molecule has 2 aromatic rings. The third-order valence-electron chi connectivity index (χ3n) is 6.55. The number of amides is 2. The van der Waals surface area contributed by atoms with Crippen LogP contribution in [0.15, 0.2) is 48.5 Å². The summed E-state index contributed by atoms with van der Waals surface area (Å²) in [6.07, 6.45) is 2.84. The minimum absolute atomic E-state index is 0.0144. The topological polar surface area (TPSA) is 65.1 Å². The molecule has 1 saturated heterocycles. The predicted octanol–water partition coefficient (Wildman–Crippen LogP) is 2.76. The van der Waals surface area contributed by atoms with Gasteiger partial charge in [0.2, 0.25) is 5.91 Å². The summed E-state index contributed by atoms with van der Waals surface area (Å²) in [5, 5.41) is 3.05. The van der Waals surface area contributed by atoms with Gasteiger partial charge in [-0.3, -0.25) is 14.5 Å². The number of carbonyl (C=O) groups is 2. The van der Waals surface area contributed by atoms with E-state index in [9.17, 15) is 9.59 Å². The second-order valence-corrected chi connectivity index (χ2v) is 9.27. The number of hydrogen-bond donors (Lipinski definition) is 1. The molecule has 2 aromatic carbocycles. The Kier molecular flexibility index (Phi) is 8.55. The fourth-order valence-electron chi connectivity index (χ4n) is 4.55. The van der Waals surface area contributed by atoms with Gasteiger partial charge in [0.15, 0.2) is 0 Å². The van der Waals surface area contributed by atoms with Gasteiger partial charge in [0.1, 0.15) is 5.75 Å². The van der Waals surface area contributed by atoms with Crippen LogP contribution in [0.4, 0.5) is 0 Å². The number of fused-ring (bicyclic) bond motifs is 1. The van der Waals surface area contributed by atoms with Crippen molar-refractivity contribution in [2.45, 2.75) is 32.4 Å². The van der Waals surface area contributed by atoms with E-state index < -0.39 is 0 Å². The maximum atomic E-state index is 13.6. The van der Waals surface area contributed by atoms with E-state index in [-0.39, 0.29) is 18.4 Å². The van der Waals surface area contributed by atoms with Crippen molar-refractivity contribution in [3.8, 4) is 5.75 Å². The van der Waals surface area contributed by atoms with E-state index in [2.05, 4.69) is 34.3 Å². The van der Waals surface area contributed by atoms with E-state index in [0.717, 1.165) is 62.3 Å². The summed E-state index contributed by atoms with van der Waals surface area (Å²) in [6.45, 7) is 5.81. The van der Waals surface area contributed by atoms with Gasteiger partial charge in [-0.15, -0.1) is 0 Å². The third-order valence-corrected chi connectivity index (χ3v) is 6.55. The Bertz CT molecular complexity index is 958. The maximum absolute atomic E-state index is 13.6. The number of hydrogen-bond acceptors (Lipinski definition) is 5. The fourth-order valence-corrected chi connectivity index (χ4v) is 4.55. The van der Waals surface area contributed by atoms with Crippen LogP contribution in [0, 0.1) is 0 Å². The standard InChI is InChI=1S/C27H36N4O3/c1-29-14-16-31(17-15-29)27(33)23-11-8-12-25-24(23)20-30(19-22-9-4-2-5-10-22)21-26(32)28-13-6-3-7-18-34-25/h2,4-5,8-12H,3,6-7,13-21H2,1H3,(H,28,32). The highest BCUT2D eigenvalue weighted by Crippen LogP contribution is 2.27. The SMILES string of the molecule is CN1CCN(C(=O)c2cccc3c2CN(Cc2ccccc2)CC(=O)NCCCCCO3)CC1. The normalized spacial score (nSPS) is 19.1. The molecule has 0 radical (unpaired) electrons. The number of nitrogens with zero attached hydrogens (tertiary/aromatic N) is 3. The molecule has 4 rings (SSSR count). The van der Waals surface area contributed by atoms with Crippen molar-refractivity contribution in [1.82, 2.24) is 20.0 Å². The molecule has 7 heteroatoms. The zero-order valence-electron chi connectivity index (χ0n) is 20.2. The van der Waals surface area contributed by atoms with E-state index >= 15 is 0 Å². The van der Waals surface area contributed by atoms with Gasteiger partial charge in [0.25, 0.3) is 5.91 Å². The van der Waals surface area contributed by atoms with Crippen LogP contribution in [0.25, 0.3) is 0 Å². The number of benzene rings is 2. The lowest BCUT2D eigenvalue weighted by Gasteiger charge is -2.33. The zero-order chi connectivity index (χ0) is 23.8. The predicted molar refractivity (Wildman–Crippen MR) is 133 cm³/mol. The average molecular weight is 465 g/mol. The van der Waals surface area contributed by atoms with E-state index in [4.69, 9.17) is 4.74 Å². The molecule has 1 N–H and O–H groups in total. The molecule has 0 aliphatic carbocycles. The summed E-state index contributed by atoms with van der Waals surface area (Å²) in [5.41, 5.74) is 2.68. The Labute approximate surface area is 202 Å². The first-order valence-electron chi connectivity index (χ1n) is 12.4. The van der Waals surface area contributed by atoms with Gasteiger partial charge >= 0.3 is 0 Å². The van der Waals surface area contributed by atoms with Crippen LogP contribution >= 0.6 is 0 Å². The van der Waals surface area contributed by atoms with Gasteiger partial charge in [0, 0.05) is 56.9 Å². The van der Waals surface area contributed by atoms with E-state index in [1.807, 2.05) is 41.3 Å². The van der Waals surface area contributed by atoms with Crippen molar-refractivity contribution in [2.75, 3.05) is 52.9 Å². The Balaban J connectivity index is 1.65. The van der Waals surface area contributed by atoms with Crippen LogP contribution in [-0.2, 0) is 17.9 Å². The molecular weight excluding hydrogens is 428 g/mol. The summed E-state index contributed by atoms with van der Waals surface area (Å²) < 4.78 is 6.21. The molecule has 2 aliphatic heterocycles. The van der Waals surface area contributed by atoms with E-state index in [1.165, 1.54) is 0 Å². The quantitative estimate of drug-likeness (QED) is 0.757. The fraction of sp³-hybridized carbons (Fsp3) is 0.481. The van der Waals surface area contributed by atoms with Gasteiger partial charge < -0.3 is 19.9 Å². The Morgan fingerprint density at radius 3 is 2.53 bits per heavy atom. The van der Waals surface area contributed by atoms with Gasteiger partial charge in [-0.05, 0) is 44.0 Å². The number of rotatable bonds is 3. The molecule has 0 saturated carbocycles. The van der Waals surface area contributed by atoms with Gasteiger partial charge in [-0.25, -0.2) is 0 Å². The number of likely N-dealkylation sites (N-methyl/N-ethyl adjacent to an activating group) is 1. The minimum atomic E-state index is 0.0144. The summed E-state index contributed by atoms with van der Waals surface area (Å²) >= 11 is 0. The zero-order valence-corrected chi connectivity index (χ0v) is 20.2. The van der Waals surface area contributed by atoms with Crippen molar-refractivity contribution < 1.29 is 14.3 Å². The smallest absolute Gasteiger partial charge is 0.254 e. The molecule has 7 nitrogen and oxygen atoms in total. The van der Waals surface area contributed by atoms with Crippen LogP contribution in [0.1, 0.15) is 40.7 Å². The van der Waals surface area contributed by atoms with Crippen LogP contribution in [0.2, 0.25) is 0 Å². The molecular formula is C27H36N4O3. The summed E-state index contributed by atoms with van der Waals surface area (Å²) in [7, 11) is 2.08. The largest absolute Gasteiger partial charge is 0.493 e. The Morgan fingerprint density at radius 2 is 1.74 bits per heavy atom. The number of ether oxygens (including phenoxy) is 1. The molecule has 0 aromatic heterocycles. The molecule has 182 valence electrons. The summed E-state index contributed by atoms with van der Waals surface area (Å²) in [6, 6.07) is 15.9. The lowest BCUT2D eigenvalue weighted by atomic mass is 10.0. The van der Waals surface area contributed by atoms with E-state index in [0.29, 0.717) is 31.8 Å². The summed E-state index contributed by atoms with van der Waals surface area (Å²) in [4.78, 5) is 32.6. The molecule has 0 bridgehead atoms. The van der Waals surface area contributed by atoms with Crippen molar-refractivity contribution in [1.29, 1.82) is 0 Å². The van der Waals surface area contributed by atoms with Crippen molar-refractivity contribution in [3.05, 3.63) is 65.2 Å². The van der Waals surface area contributed by atoms with E-state index in [1.54, 1.807) is 0 Å². The molecule has 34 heavy (non-hydrogen) atoms. The second-order valence-electron chi connectivity index (χ2n) is 9.27. The van der Waals surface area contributed by atoms with Crippen LogP contribution in [0.5, 0.6) is 5.75 Å². The number of carbonyl (C=O) groups excluding carboxylic acids is 2. The lowest BCUT2D eigenvalue weighted by Crippen LogP contribution is -2.47. The third kappa shape index (κ3) is 6.58. The van der Waals surface area contributed by atoms with Gasteiger partial charge in [0.05, 0.1) is 13.2 Å².